The van der Waals surface area contributed by atoms with E-state index in [0.29, 0.717) is 40.3 Å². The van der Waals surface area contributed by atoms with E-state index in [2.05, 4.69) is 94.9 Å². The third kappa shape index (κ3) is 28.4. The van der Waals surface area contributed by atoms with Gasteiger partial charge < -0.3 is 41.8 Å². The zero-order valence-electron chi connectivity index (χ0n) is 45.7. The number of rotatable bonds is 15. The van der Waals surface area contributed by atoms with Crippen LogP contribution >= 0.6 is 45.2 Å². The molecule has 2 heterocycles. The fourth-order valence-corrected chi connectivity index (χ4v) is 8.10. The number of carbonyl (C=O) groups is 5. The number of anilines is 1. The molecule has 8 rings (SSSR count). The van der Waals surface area contributed by atoms with E-state index in [1.54, 1.807) is 30.3 Å². The summed E-state index contributed by atoms with van der Waals surface area (Å²) in [6, 6.07) is 51.3. The second kappa shape index (κ2) is 43.0. The molecule has 0 spiro atoms. The number of hydrogen-bond acceptors (Lipinski definition) is 13. The largest absolute Gasteiger partial charge is 2.00 e. The Morgan fingerprint density at radius 1 is 0.627 bits per heavy atom. The van der Waals surface area contributed by atoms with Crippen molar-refractivity contribution in [2.45, 2.75) is 76.8 Å². The molecule has 450 valence electrons. The first-order valence-corrected chi connectivity index (χ1v) is 29.3. The summed E-state index contributed by atoms with van der Waals surface area (Å²) < 4.78 is 0. The van der Waals surface area contributed by atoms with Crippen molar-refractivity contribution in [3.05, 3.63) is 229 Å². The number of carboxylic acids is 2. The molecule has 0 aromatic heterocycles. The number of benzene rings is 6. The van der Waals surface area contributed by atoms with E-state index in [0.717, 1.165) is 50.9 Å². The van der Waals surface area contributed by atoms with Crippen LogP contribution in [0.4, 0.5) is 11.4 Å². The minimum atomic E-state index is -1.50. The van der Waals surface area contributed by atoms with Gasteiger partial charge in [0.25, 0.3) is 10.2 Å². The summed E-state index contributed by atoms with van der Waals surface area (Å²) >= 11 is 4.30. The van der Waals surface area contributed by atoms with Crippen LogP contribution in [0, 0.1) is 20.2 Å². The third-order valence-corrected chi connectivity index (χ3v) is 11.7. The van der Waals surface area contributed by atoms with Crippen LogP contribution in [0.3, 0.4) is 0 Å². The molecule has 2 amide bonds. The second-order valence-corrected chi connectivity index (χ2v) is 17.4. The average molecular weight is 1460 g/mol. The number of hydrogen-bond donors (Lipinski definition) is 6. The van der Waals surface area contributed by atoms with Crippen LogP contribution in [0.5, 0.6) is 0 Å². The molecular weight excluding hydrogens is 1390 g/mol. The molecule has 83 heavy (non-hydrogen) atoms. The summed E-state index contributed by atoms with van der Waals surface area (Å²) in [6.07, 6.45) is 3.54. The number of para-hydroxylation sites is 2. The van der Waals surface area contributed by atoms with E-state index in [-0.39, 0.29) is 62.7 Å². The van der Waals surface area contributed by atoms with Crippen LogP contribution in [0.15, 0.2) is 175 Å². The van der Waals surface area contributed by atoms with Gasteiger partial charge >= 0.3 is 28.4 Å². The number of carboxylic acid groups (broad SMARTS) is 2. The van der Waals surface area contributed by atoms with Crippen molar-refractivity contribution >= 4 is 91.8 Å². The molecular formula is C58H67I2N8Ni2O13+. The van der Waals surface area contributed by atoms with Gasteiger partial charge in [0, 0.05) is 46.3 Å². The molecule has 0 unspecified atom stereocenters. The first-order chi connectivity index (χ1) is 38.9. The number of halogens is 2. The maximum Gasteiger partial charge on any atom is 2.00 e. The van der Waals surface area contributed by atoms with E-state index in [1.165, 1.54) is 25.0 Å². The standard InChI is InChI=1S/C28H29N3O3.C25H24N2O2.C3H7NO2.2CH3I.2HNO3.2Ni/c1-20(28(33)34)29-26(22-13-6-3-7-14-22)23-15-8-9-16-24(23)30-27(32)25-17-10-18-31(25)19-21-11-4-2-5-12-21;28-24(20-12-5-2-6-13-20)21-14-7-8-15-22(21)26-25(29)23-16-9-17-27(23)18-19-10-3-1-4-11-19;1-2(4)3(5)6;2*1-2;2*2-1(3)4;;/h2-9,11-16,20,25H,10,17-19H2,1H3,(H2,29,30,32,33,34);1-8,10-15,23H,9,16-18H2,(H,26,29);2H,4H2,1H3,(H,5,6);2*1H3;2*(H,2,3,4);;/q;;;;;;;;+2/p-1/t20-,25-;23-;2-;;;;;;/m110....../s1. The summed E-state index contributed by atoms with van der Waals surface area (Å²) in [6.45, 7) is 6.18. The fourth-order valence-electron chi connectivity index (χ4n) is 8.10. The van der Waals surface area contributed by atoms with Crippen molar-refractivity contribution in [1.29, 1.82) is 0 Å². The van der Waals surface area contributed by atoms with Gasteiger partial charge in [0.2, 0.25) is 5.91 Å². The van der Waals surface area contributed by atoms with E-state index >= 15 is 0 Å². The Hall–Kier alpha value is -6.73. The van der Waals surface area contributed by atoms with Gasteiger partial charge in [-0.1, -0.05) is 203 Å². The van der Waals surface area contributed by atoms with Crippen LogP contribution in [0.1, 0.15) is 77.7 Å². The van der Waals surface area contributed by atoms with Gasteiger partial charge in [0.1, 0.15) is 12.1 Å². The number of nitrogens with one attached hydrogen (secondary N) is 1. The quantitative estimate of drug-likeness (QED) is 0.0106. The van der Waals surface area contributed by atoms with Crippen LogP contribution in [0.2, 0.25) is 0 Å². The number of ketones is 1. The van der Waals surface area contributed by atoms with E-state index in [9.17, 15) is 29.1 Å². The van der Waals surface area contributed by atoms with Gasteiger partial charge in [-0.25, -0.2) is 4.79 Å². The molecule has 0 aliphatic carbocycles. The van der Waals surface area contributed by atoms with Crippen LogP contribution in [-0.4, -0.2) is 123 Å². The minimum Gasteiger partial charge on any atom is -0.625 e. The number of amides is 2. The molecule has 2 aliphatic heterocycles. The smallest absolute Gasteiger partial charge is 0.625 e. The number of alkyl halides is 2. The van der Waals surface area contributed by atoms with Gasteiger partial charge in [0.15, 0.2) is 5.78 Å². The molecule has 6 aromatic carbocycles. The summed E-state index contributed by atoms with van der Waals surface area (Å²) in [4.78, 5) is 89.9. The zero-order valence-corrected chi connectivity index (χ0v) is 52.0. The van der Waals surface area contributed by atoms with Crippen molar-refractivity contribution in [2.75, 3.05) is 28.3 Å². The molecule has 7 N–H and O–H groups in total. The topological polar surface area (TPSA) is 324 Å². The van der Waals surface area contributed by atoms with Crippen molar-refractivity contribution in [1.82, 2.24) is 9.80 Å². The Bertz CT molecular complexity index is 2900. The maximum absolute atomic E-state index is 13.3. The monoisotopic (exact) mass is 1450 g/mol. The van der Waals surface area contributed by atoms with Gasteiger partial charge in [-0.15, -0.1) is 25.9 Å². The summed E-state index contributed by atoms with van der Waals surface area (Å²) in [5.41, 5.74) is 11.3. The third-order valence-electron chi connectivity index (χ3n) is 11.7. The molecule has 21 nitrogen and oxygen atoms in total. The predicted molar refractivity (Wildman–Crippen MR) is 327 cm³/mol. The van der Waals surface area contributed by atoms with Crippen molar-refractivity contribution in [2.24, 2.45) is 10.7 Å². The van der Waals surface area contributed by atoms with E-state index in [4.69, 9.17) is 41.5 Å². The molecule has 0 saturated carbocycles. The zero-order chi connectivity index (χ0) is 60.3. The average Bonchev–Trinajstić information content (AvgIpc) is 4.28. The van der Waals surface area contributed by atoms with Crippen molar-refractivity contribution < 1.29 is 87.8 Å². The minimum absolute atomic E-state index is 0. The van der Waals surface area contributed by atoms with Crippen molar-refractivity contribution in [3.8, 4) is 0 Å². The number of aliphatic imine (C=N–C) groups is 1. The summed E-state index contributed by atoms with van der Waals surface area (Å²) in [7, 11) is 0. The van der Waals surface area contributed by atoms with Crippen molar-refractivity contribution in [3.63, 3.8) is 0 Å². The van der Waals surface area contributed by atoms with Crippen LogP contribution < -0.4 is 11.1 Å². The molecule has 4 atom stereocenters. The Balaban J connectivity index is 0.00000124. The molecule has 2 saturated heterocycles. The molecule has 6 aromatic rings. The summed E-state index contributed by atoms with van der Waals surface area (Å²) in [5.74, 6) is -2.29. The number of nitrogens with two attached hydrogens (primary N) is 1. The first-order valence-electron chi connectivity index (χ1n) is 25.0. The fraction of sp³-hybridized carbons (Fsp3) is 0.276. The summed E-state index contributed by atoms with van der Waals surface area (Å²) in [5, 5.41) is 52.1. The number of aliphatic carboxylic acids is 2. The predicted octanol–water partition coefficient (Wildman–Crippen LogP) is 10.5. The molecule has 0 bridgehead atoms. The maximum atomic E-state index is 13.3. The molecule has 2 fully saturated rings. The number of nitrogens with zero attached hydrogens (tertiary/aromatic N) is 6. The Labute approximate surface area is 529 Å². The van der Waals surface area contributed by atoms with E-state index < -0.39 is 34.2 Å². The molecule has 0 radical (unpaired) electrons. The van der Waals surface area contributed by atoms with Gasteiger partial charge in [-0.05, 0) is 91.3 Å². The Morgan fingerprint density at radius 2 is 1.00 bits per heavy atom. The van der Waals surface area contributed by atoms with Crippen LogP contribution in [0.25, 0.3) is 5.32 Å². The Kier molecular flexibility index (Phi) is 39.5. The van der Waals surface area contributed by atoms with E-state index in [1.807, 2.05) is 125 Å². The molecule has 2 aliphatic rings. The van der Waals surface area contributed by atoms with Gasteiger partial charge in [-0.2, -0.15) is 0 Å². The second-order valence-electron chi connectivity index (χ2n) is 17.4. The number of carbonyl (C=O) groups excluding carboxylic acids is 3. The SMILES string of the molecule is CI.CI.C[C@@H](N=C(c1ccccc1)c1ccccc1[N-]C(=O)[C@H]1CCCN1Cc1ccccc1)C(=O)O.C[C@H](N)C(=O)O.O=C(c1ccccc1)c1ccccc1NC(=O)[C@H]1CCCN1Cc1ccccc1.O=[N+]([O-])O.O=[N+]([O-])O.[Ni+2].[Ni]. The normalized spacial score (nSPS) is 14.6. The van der Waals surface area contributed by atoms with Crippen LogP contribution in [-0.2, 0) is 65.3 Å². The Morgan fingerprint density at radius 3 is 1.45 bits per heavy atom. The first kappa shape index (κ1) is 76.3. The molecule has 25 heteroatoms. The van der Waals surface area contributed by atoms with Gasteiger partial charge in [0.05, 0.1) is 29.4 Å². The van der Waals surface area contributed by atoms with Gasteiger partial charge in [-0.3, -0.25) is 29.2 Å². The number of likely N-dealkylation sites (tertiary alicyclic amines) is 2.